The van der Waals surface area contributed by atoms with Gasteiger partial charge in [-0.1, -0.05) is 0 Å². The second-order valence-electron chi connectivity index (χ2n) is 3.14. The maximum absolute atomic E-state index is 10.6. The van der Waals surface area contributed by atoms with Crippen molar-refractivity contribution in [2.45, 2.75) is 6.92 Å². The first-order valence-electron chi connectivity index (χ1n) is 4.49. The molecule has 0 atom stereocenters. The van der Waals surface area contributed by atoms with Crippen LogP contribution in [0.1, 0.15) is 16.2 Å². The van der Waals surface area contributed by atoms with Gasteiger partial charge in [-0.05, 0) is 13.0 Å². The van der Waals surface area contributed by atoms with E-state index in [9.17, 15) is 4.79 Å². The summed E-state index contributed by atoms with van der Waals surface area (Å²) >= 11 is 0. The molecule has 0 aliphatic rings. The molecule has 0 radical (unpaired) electrons. The molecule has 0 fully saturated rings. The Kier molecular flexibility index (Phi) is 2.49. The number of carbonyl (C=O) groups is 1. The number of hydrogen-bond donors (Lipinski definition) is 0. The molecule has 2 aromatic heterocycles. The quantitative estimate of drug-likeness (QED) is 0.690. The van der Waals surface area contributed by atoms with Crippen LogP contribution in [0.25, 0.3) is 11.1 Å². The van der Waals surface area contributed by atoms with Gasteiger partial charge in [0.05, 0.1) is 0 Å². The minimum Gasteiger partial charge on any atom is -0.298 e. The number of aromatic nitrogens is 3. The highest BCUT2D eigenvalue weighted by atomic mass is 16.1. The first-order chi connectivity index (χ1) is 7.29. The molecule has 15 heavy (non-hydrogen) atoms. The highest BCUT2D eigenvalue weighted by Gasteiger charge is 2.00. The minimum absolute atomic E-state index is 0.549. The Labute approximate surface area is 87.0 Å². The van der Waals surface area contributed by atoms with Gasteiger partial charge in [-0.25, -0.2) is 9.97 Å². The van der Waals surface area contributed by atoms with Gasteiger partial charge in [-0.3, -0.25) is 9.78 Å². The molecule has 0 aromatic carbocycles. The van der Waals surface area contributed by atoms with E-state index < -0.39 is 0 Å². The first-order valence-corrected chi connectivity index (χ1v) is 4.49. The molecule has 0 amide bonds. The average molecular weight is 199 g/mol. The fraction of sp³-hybridized carbons (Fsp3) is 0.0909. The molecule has 2 rings (SSSR count). The van der Waals surface area contributed by atoms with Gasteiger partial charge in [0.2, 0.25) is 0 Å². The number of nitrogens with zero attached hydrogens (tertiary/aromatic N) is 3. The van der Waals surface area contributed by atoms with Crippen molar-refractivity contribution in [2.24, 2.45) is 0 Å². The van der Waals surface area contributed by atoms with Gasteiger partial charge in [0.15, 0.2) is 6.29 Å². The van der Waals surface area contributed by atoms with Gasteiger partial charge in [0.1, 0.15) is 5.82 Å². The van der Waals surface area contributed by atoms with Gasteiger partial charge >= 0.3 is 0 Å². The molecule has 0 bridgehead atoms. The van der Waals surface area contributed by atoms with Crippen LogP contribution in [0.15, 0.2) is 30.9 Å². The van der Waals surface area contributed by atoms with E-state index in [1.54, 1.807) is 24.7 Å². The molecule has 0 N–H and O–H groups in total. The minimum atomic E-state index is 0.549. The summed E-state index contributed by atoms with van der Waals surface area (Å²) in [4.78, 5) is 22.7. The third kappa shape index (κ3) is 2.04. The van der Waals surface area contributed by atoms with E-state index in [0.717, 1.165) is 23.2 Å². The number of carbonyl (C=O) groups excluding carboxylic acids is 1. The Morgan fingerprint density at radius 2 is 1.80 bits per heavy atom. The molecular formula is C11H9N3O. The van der Waals surface area contributed by atoms with Crippen LogP contribution in [0.4, 0.5) is 0 Å². The molecule has 4 nitrogen and oxygen atoms in total. The normalized spacial score (nSPS) is 9.93. The molecule has 0 aliphatic carbocycles. The van der Waals surface area contributed by atoms with Gasteiger partial charge in [-0.2, -0.15) is 0 Å². The third-order valence-electron chi connectivity index (χ3n) is 2.01. The van der Waals surface area contributed by atoms with Crippen molar-refractivity contribution in [1.29, 1.82) is 0 Å². The monoisotopic (exact) mass is 199 g/mol. The van der Waals surface area contributed by atoms with Gasteiger partial charge in [0.25, 0.3) is 0 Å². The highest BCUT2D eigenvalue weighted by molar-refractivity contribution is 5.77. The zero-order chi connectivity index (χ0) is 10.7. The number of pyridine rings is 1. The zero-order valence-electron chi connectivity index (χ0n) is 8.21. The predicted molar refractivity (Wildman–Crippen MR) is 55.4 cm³/mol. The Morgan fingerprint density at radius 3 is 2.47 bits per heavy atom. The average Bonchev–Trinajstić information content (AvgIpc) is 2.30. The summed E-state index contributed by atoms with van der Waals surface area (Å²) < 4.78 is 0. The summed E-state index contributed by atoms with van der Waals surface area (Å²) in [5.41, 5.74) is 2.25. The summed E-state index contributed by atoms with van der Waals surface area (Å²) in [6.45, 7) is 1.82. The molecule has 2 aromatic rings. The lowest BCUT2D eigenvalue weighted by atomic mass is 10.1. The van der Waals surface area contributed by atoms with E-state index in [2.05, 4.69) is 15.0 Å². The van der Waals surface area contributed by atoms with Crippen molar-refractivity contribution in [3.05, 3.63) is 42.2 Å². The predicted octanol–water partition coefficient (Wildman–Crippen LogP) is 1.66. The first kappa shape index (κ1) is 9.45. The zero-order valence-corrected chi connectivity index (χ0v) is 8.21. The Morgan fingerprint density at radius 1 is 1.07 bits per heavy atom. The van der Waals surface area contributed by atoms with Crippen molar-refractivity contribution in [3.8, 4) is 11.1 Å². The molecule has 0 saturated heterocycles. The summed E-state index contributed by atoms with van der Waals surface area (Å²) in [6, 6.07) is 1.76. The Hall–Kier alpha value is -2.10. The number of aryl methyl sites for hydroxylation is 1. The van der Waals surface area contributed by atoms with Crippen molar-refractivity contribution in [3.63, 3.8) is 0 Å². The summed E-state index contributed by atoms with van der Waals surface area (Å²) in [6.07, 6.45) is 7.40. The van der Waals surface area contributed by atoms with Crippen LogP contribution in [-0.2, 0) is 0 Å². The lowest BCUT2D eigenvalue weighted by Crippen LogP contribution is -1.89. The van der Waals surface area contributed by atoms with Crippen LogP contribution in [0.2, 0.25) is 0 Å². The Balaban J connectivity index is 2.44. The molecule has 0 saturated carbocycles. The summed E-state index contributed by atoms with van der Waals surface area (Å²) in [5.74, 6) is 0.721. The van der Waals surface area contributed by atoms with Gasteiger partial charge in [-0.15, -0.1) is 0 Å². The second kappa shape index (κ2) is 3.96. The largest absolute Gasteiger partial charge is 0.298 e. The van der Waals surface area contributed by atoms with Crippen LogP contribution in [-0.4, -0.2) is 21.2 Å². The van der Waals surface area contributed by atoms with Gasteiger partial charge in [0, 0.05) is 41.5 Å². The van der Waals surface area contributed by atoms with Gasteiger partial charge < -0.3 is 0 Å². The van der Waals surface area contributed by atoms with Crippen LogP contribution < -0.4 is 0 Å². The lowest BCUT2D eigenvalue weighted by Gasteiger charge is -2.00. The SMILES string of the molecule is Cc1ncc(-c2cncc(C=O)c2)cn1. The number of aldehydes is 1. The second-order valence-corrected chi connectivity index (χ2v) is 3.14. The van der Waals surface area contributed by atoms with E-state index in [1.807, 2.05) is 6.92 Å². The van der Waals surface area contributed by atoms with Crippen molar-refractivity contribution in [2.75, 3.05) is 0 Å². The Bertz CT molecular complexity index is 479. The molecule has 0 unspecified atom stereocenters. The molecule has 0 spiro atoms. The summed E-state index contributed by atoms with van der Waals surface area (Å²) in [5, 5.41) is 0. The molecule has 2 heterocycles. The fourth-order valence-electron chi connectivity index (χ4n) is 1.22. The van der Waals surface area contributed by atoms with Crippen LogP contribution >= 0.6 is 0 Å². The van der Waals surface area contributed by atoms with Crippen LogP contribution in [0.3, 0.4) is 0 Å². The van der Waals surface area contributed by atoms with E-state index in [-0.39, 0.29) is 0 Å². The molecule has 74 valence electrons. The van der Waals surface area contributed by atoms with E-state index >= 15 is 0 Å². The van der Waals surface area contributed by atoms with Crippen molar-refractivity contribution >= 4 is 6.29 Å². The number of hydrogen-bond acceptors (Lipinski definition) is 4. The van der Waals surface area contributed by atoms with Crippen molar-refractivity contribution < 1.29 is 4.79 Å². The fourth-order valence-corrected chi connectivity index (χ4v) is 1.22. The maximum atomic E-state index is 10.6. The van der Waals surface area contributed by atoms with Crippen LogP contribution in [0, 0.1) is 6.92 Å². The highest BCUT2D eigenvalue weighted by Crippen LogP contribution is 2.16. The molecule has 4 heteroatoms. The third-order valence-corrected chi connectivity index (χ3v) is 2.01. The van der Waals surface area contributed by atoms with E-state index in [4.69, 9.17) is 0 Å². The molecule has 0 aliphatic heterocycles. The smallest absolute Gasteiger partial charge is 0.151 e. The molecular weight excluding hydrogens is 190 g/mol. The number of rotatable bonds is 2. The van der Waals surface area contributed by atoms with Crippen LogP contribution in [0.5, 0.6) is 0 Å². The summed E-state index contributed by atoms with van der Waals surface area (Å²) in [7, 11) is 0. The maximum Gasteiger partial charge on any atom is 0.151 e. The van der Waals surface area contributed by atoms with E-state index in [0.29, 0.717) is 5.56 Å². The lowest BCUT2D eigenvalue weighted by molar-refractivity contribution is 0.112. The standard InChI is InChI=1S/C11H9N3O/c1-8-13-5-11(6-14-8)10-2-9(7-15)3-12-4-10/h2-7H,1H3. The van der Waals surface area contributed by atoms with Crippen molar-refractivity contribution in [1.82, 2.24) is 15.0 Å². The topological polar surface area (TPSA) is 55.7 Å². The van der Waals surface area contributed by atoms with E-state index in [1.165, 1.54) is 6.20 Å².